The highest BCUT2D eigenvalue weighted by molar-refractivity contribution is 5.76. The number of para-hydroxylation sites is 2. The summed E-state index contributed by atoms with van der Waals surface area (Å²) < 4.78 is 4.27. The fourth-order valence-electron chi connectivity index (χ4n) is 3.23. The number of hydrogen-bond acceptors (Lipinski definition) is 2. The summed E-state index contributed by atoms with van der Waals surface area (Å²) >= 11 is 0. The molecule has 1 amide bonds. The summed E-state index contributed by atoms with van der Waals surface area (Å²) in [5, 5.41) is 12.5. The zero-order chi connectivity index (χ0) is 18.6. The number of nitrogens with one attached hydrogen (secondary N) is 1. The fraction of sp³-hybridized carbons (Fsp3) is 0.600. The molecule has 25 heavy (non-hydrogen) atoms. The molecule has 0 spiro atoms. The van der Waals surface area contributed by atoms with Crippen molar-refractivity contribution >= 4 is 16.9 Å². The fourth-order valence-corrected chi connectivity index (χ4v) is 3.23. The molecule has 0 aliphatic rings. The summed E-state index contributed by atoms with van der Waals surface area (Å²) in [4.78, 5) is 12.5. The number of fused-ring (bicyclic) bond motifs is 1. The van der Waals surface area contributed by atoms with E-state index in [-0.39, 0.29) is 30.5 Å². The largest absolute Gasteiger partial charge is 0.394 e. The van der Waals surface area contributed by atoms with Crippen LogP contribution in [0.1, 0.15) is 53.5 Å². The summed E-state index contributed by atoms with van der Waals surface area (Å²) in [5.41, 5.74) is 2.03. The van der Waals surface area contributed by atoms with E-state index in [2.05, 4.69) is 35.9 Å². The van der Waals surface area contributed by atoms with Gasteiger partial charge in [-0.3, -0.25) is 4.79 Å². The van der Waals surface area contributed by atoms with Gasteiger partial charge in [-0.05, 0) is 30.4 Å². The molecule has 2 rings (SSSR count). The van der Waals surface area contributed by atoms with Crippen molar-refractivity contribution in [3.05, 3.63) is 30.6 Å². The monoisotopic (exact) mass is 346 g/mol. The Morgan fingerprint density at radius 2 is 1.88 bits per heavy atom. The second-order valence-electron chi connectivity index (χ2n) is 7.78. The highest BCUT2D eigenvalue weighted by Gasteiger charge is 2.27. The molecule has 1 aromatic carbocycles. The van der Waals surface area contributed by atoms with Gasteiger partial charge in [-0.1, -0.05) is 46.8 Å². The van der Waals surface area contributed by atoms with Gasteiger partial charge in [0.05, 0.1) is 12.6 Å². The Balaban J connectivity index is 2.28. The molecule has 0 aliphatic heterocycles. The van der Waals surface area contributed by atoms with Gasteiger partial charge in [0.2, 0.25) is 6.33 Å². The zero-order valence-corrected chi connectivity index (χ0v) is 16.1. The topological polar surface area (TPSA) is 58.1 Å². The van der Waals surface area contributed by atoms with Gasteiger partial charge in [-0.15, -0.1) is 0 Å². The standard InChI is InChI=1S/C20H31N3O2/c1-6-15(7-2)23-14-22(16-10-8-9-11-17(16)23)12-19(25)21-18(13-24)20(3,4)5/h8-11,14-15,18,24H,6-7,12-13H2,1-5H3/p+1/t18-/m1/s1. The molecule has 0 unspecified atom stereocenters. The maximum atomic E-state index is 12.5. The molecule has 1 aromatic heterocycles. The lowest BCUT2D eigenvalue weighted by Gasteiger charge is -2.29. The molecule has 0 fully saturated rings. The molecule has 1 heterocycles. The first kappa shape index (κ1) is 19.4. The number of benzene rings is 1. The summed E-state index contributed by atoms with van der Waals surface area (Å²) in [6.45, 7) is 10.6. The van der Waals surface area contributed by atoms with Gasteiger partial charge in [0.25, 0.3) is 5.91 Å². The van der Waals surface area contributed by atoms with Crippen molar-refractivity contribution in [3.8, 4) is 0 Å². The Labute approximate surface area is 150 Å². The van der Waals surface area contributed by atoms with E-state index in [4.69, 9.17) is 0 Å². The van der Waals surface area contributed by atoms with Gasteiger partial charge < -0.3 is 10.4 Å². The van der Waals surface area contributed by atoms with E-state index in [1.807, 2.05) is 43.8 Å². The third kappa shape index (κ3) is 4.40. The number of nitrogens with zero attached hydrogens (tertiary/aromatic N) is 2. The average Bonchev–Trinajstić information content (AvgIpc) is 2.92. The number of rotatable bonds is 7. The van der Waals surface area contributed by atoms with Crippen LogP contribution in [0.4, 0.5) is 0 Å². The van der Waals surface area contributed by atoms with Crippen LogP contribution in [0.5, 0.6) is 0 Å². The van der Waals surface area contributed by atoms with Gasteiger partial charge in [0.1, 0.15) is 6.04 Å². The van der Waals surface area contributed by atoms with Crippen LogP contribution in [-0.4, -0.2) is 28.2 Å². The van der Waals surface area contributed by atoms with E-state index in [0.717, 1.165) is 23.9 Å². The number of imidazole rings is 1. The predicted octanol–water partition coefficient (Wildman–Crippen LogP) is 2.81. The molecular weight excluding hydrogens is 314 g/mol. The molecule has 0 bridgehead atoms. The number of hydrogen-bond donors (Lipinski definition) is 2. The molecule has 1 atom stereocenters. The van der Waals surface area contributed by atoms with Crippen molar-refractivity contribution in [3.63, 3.8) is 0 Å². The lowest BCUT2D eigenvalue weighted by atomic mass is 9.87. The Morgan fingerprint density at radius 1 is 1.24 bits per heavy atom. The highest BCUT2D eigenvalue weighted by atomic mass is 16.3. The molecule has 0 radical (unpaired) electrons. The Morgan fingerprint density at radius 3 is 2.44 bits per heavy atom. The minimum Gasteiger partial charge on any atom is -0.394 e. The van der Waals surface area contributed by atoms with Crippen molar-refractivity contribution in [2.75, 3.05) is 6.61 Å². The van der Waals surface area contributed by atoms with E-state index in [1.54, 1.807) is 0 Å². The molecule has 0 aliphatic carbocycles. The lowest BCUT2D eigenvalue weighted by molar-refractivity contribution is -0.659. The smallest absolute Gasteiger partial charge is 0.262 e. The molecular formula is C20H32N3O2+. The summed E-state index contributed by atoms with van der Waals surface area (Å²) in [5.74, 6) is -0.0774. The normalized spacial score (nSPS) is 13.4. The number of carbonyl (C=O) groups excluding carboxylic acids is 1. The van der Waals surface area contributed by atoms with Crippen LogP contribution in [0.15, 0.2) is 30.6 Å². The van der Waals surface area contributed by atoms with Crippen LogP contribution < -0.4 is 9.88 Å². The molecule has 138 valence electrons. The van der Waals surface area contributed by atoms with Gasteiger partial charge in [0, 0.05) is 0 Å². The molecule has 5 heteroatoms. The van der Waals surface area contributed by atoms with Crippen LogP contribution in [0, 0.1) is 5.41 Å². The van der Waals surface area contributed by atoms with E-state index in [9.17, 15) is 9.90 Å². The SMILES string of the molecule is CCC(CC)n1c[n+](CC(=O)N[C@H](CO)C(C)(C)C)c2ccccc21. The Hall–Kier alpha value is -1.88. The molecule has 5 nitrogen and oxygen atoms in total. The number of aliphatic hydroxyl groups excluding tert-OH is 1. The van der Waals surface area contributed by atoms with Crippen LogP contribution in [0.25, 0.3) is 11.0 Å². The highest BCUT2D eigenvalue weighted by Crippen LogP contribution is 2.21. The van der Waals surface area contributed by atoms with Crippen molar-refractivity contribution in [2.24, 2.45) is 5.41 Å². The zero-order valence-electron chi connectivity index (χ0n) is 16.1. The first-order chi connectivity index (χ1) is 11.8. The Kier molecular flexibility index (Phi) is 6.22. The number of aromatic nitrogens is 2. The van der Waals surface area contributed by atoms with E-state index in [0.29, 0.717) is 6.04 Å². The number of aliphatic hydroxyl groups is 1. The van der Waals surface area contributed by atoms with Gasteiger partial charge in [-0.25, -0.2) is 9.13 Å². The molecule has 2 N–H and O–H groups in total. The van der Waals surface area contributed by atoms with Crippen molar-refractivity contribution in [2.45, 2.75) is 66.1 Å². The average molecular weight is 346 g/mol. The summed E-state index contributed by atoms with van der Waals surface area (Å²) in [6.07, 6.45) is 4.16. The number of amides is 1. The van der Waals surface area contributed by atoms with Crippen LogP contribution in [-0.2, 0) is 11.3 Å². The molecule has 0 saturated heterocycles. The summed E-state index contributed by atoms with van der Waals surface area (Å²) in [6, 6.07) is 8.36. The summed E-state index contributed by atoms with van der Waals surface area (Å²) in [7, 11) is 0. The van der Waals surface area contributed by atoms with Crippen LogP contribution in [0.3, 0.4) is 0 Å². The second-order valence-corrected chi connectivity index (χ2v) is 7.78. The van der Waals surface area contributed by atoms with Crippen molar-refractivity contribution < 1.29 is 14.5 Å². The van der Waals surface area contributed by atoms with E-state index >= 15 is 0 Å². The van der Waals surface area contributed by atoms with Gasteiger partial charge in [-0.2, -0.15) is 0 Å². The lowest BCUT2D eigenvalue weighted by Crippen LogP contribution is -2.51. The maximum Gasteiger partial charge on any atom is 0.262 e. The second kappa shape index (κ2) is 8.00. The first-order valence-corrected chi connectivity index (χ1v) is 9.21. The number of carbonyl (C=O) groups is 1. The molecule has 2 aromatic rings. The Bertz CT molecular complexity index is 711. The maximum absolute atomic E-state index is 12.5. The van der Waals surface area contributed by atoms with E-state index in [1.165, 1.54) is 0 Å². The predicted molar refractivity (Wildman–Crippen MR) is 100 cm³/mol. The third-order valence-corrected chi connectivity index (χ3v) is 4.95. The van der Waals surface area contributed by atoms with Gasteiger partial charge >= 0.3 is 0 Å². The van der Waals surface area contributed by atoms with Gasteiger partial charge in [0.15, 0.2) is 17.6 Å². The third-order valence-electron chi connectivity index (χ3n) is 4.95. The minimum atomic E-state index is -0.256. The van der Waals surface area contributed by atoms with E-state index < -0.39 is 0 Å². The quantitative estimate of drug-likeness (QED) is 0.758. The first-order valence-electron chi connectivity index (χ1n) is 9.21. The van der Waals surface area contributed by atoms with Crippen molar-refractivity contribution in [1.29, 1.82) is 0 Å². The van der Waals surface area contributed by atoms with Crippen LogP contribution in [0.2, 0.25) is 0 Å². The van der Waals surface area contributed by atoms with Crippen molar-refractivity contribution in [1.82, 2.24) is 9.88 Å². The minimum absolute atomic E-state index is 0.0601. The van der Waals surface area contributed by atoms with Crippen LogP contribution >= 0.6 is 0 Å². The molecule has 0 saturated carbocycles.